The van der Waals surface area contributed by atoms with Crippen molar-refractivity contribution < 1.29 is 14.7 Å². The highest BCUT2D eigenvalue weighted by Crippen LogP contribution is 2.17. The van der Waals surface area contributed by atoms with Crippen molar-refractivity contribution >= 4 is 5.84 Å². The van der Waals surface area contributed by atoms with Crippen LogP contribution in [0.4, 0.5) is 0 Å². The maximum Gasteiger partial charge on any atom is 0.170 e. The lowest BCUT2D eigenvalue weighted by Gasteiger charge is -2.11. The monoisotopic (exact) mass is 222 g/mol. The molecule has 86 valence electrons. The standard InChI is InChI=1S/C11H14N2O3/c12-11(13-14)8-1-3-9(4-2-8)16-10-5-6-15-7-10/h1-4,10,14H,5-7H2,(H2,12,13). The molecule has 16 heavy (non-hydrogen) atoms. The van der Waals surface area contributed by atoms with Gasteiger partial charge in [0.25, 0.3) is 0 Å². The Hall–Kier alpha value is -1.75. The molecule has 0 bridgehead atoms. The summed E-state index contributed by atoms with van der Waals surface area (Å²) >= 11 is 0. The molecule has 1 aromatic rings. The summed E-state index contributed by atoms with van der Waals surface area (Å²) in [7, 11) is 0. The molecular formula is C11H14N2O3. The largest absolute Gasteiger partial charge is 0.488 e. The first-order chi connectivity index (χ1) is 7.79. The summed E-state index contributed by atoms with van der Waals surface area (Å²) in [5.41, 5.74) is 6.11. The van der Waals surface area contributed by atoms with Crippen LogP contribution in [0.1, 0.15) is 12.0 Å². The maximum atomic E-state index is 8.50. The molecule has 0 spiro atoms. The van der Waals surface area contributed by atoms with Crippen LogP contribution in [-0.2, 0) is 4.74 Å². The fourth-order valence-corrected chi connectivity index (χ4v) is 1.56. The normalized spacial score (nSPS) is 21.0. The third kappa shape index (κ3) is 2.43. The van der Waals surface area contributed by atoms with Crippen molar-refractivity contribution in [1.29, 1.82) is 0 Å². The third-order valence-electron chi connectivity index (χ3n) is 2.45. The molecule has 0 saturated carbocycles. The van der Waals surface area contributed by atoms with Crippen molar-refractivity contribution in [1.82, 2.24) is 0 Å². The summed E-state index contributed by atoms with van der Waals surface area (Å²) in [5.74, 6) is 0.862. The molecule has 1 saturated heterocycles. The molecule has 5 nitrogen and oxygen atoms in total. The topological polar surface area (TPSA) is 77.1 Å². The number of rotatable bonds is 3. The Morgan fingerprint density at radius 1 is 1.44 bits per heavy atom. The molecule has 3 N–H and O–H groups in total. The zero-order valence-electron chi connectivity index (χ0n) is 8.80. The van der Waals surface area contributed by atoms with Crippen LogP contribution in [-0.4, -0.2) is 30.4 Å². The summed E-state index contributed by atoms with van der Waals surface area (Å²) < 4.78 is 10.9. The van der Waals surface area contributed by atoms with E-state index in [0.29, 0.717) is 12.2 Å². The van der Waals surface area contributed by atoms with Gasteiger partial charge in [-0.15, -0.1) is 0 Å². The molecule has 0 amide bonds. The molecule has 1 unspecified atom stereocenters. The Balaban J connectivity index is 2.01. The first-order valence-electron chi connectivity index (χ1n) is 5.12. The van der Waals surface area contributed by atoms with Gasteiger partial charge in [0.05, 0.1) is 13.2 Å². The van der Waals surface area contributed by atoms with Crippen LogP contribution in [0.3, 0.4) is 0 Å². The predicted octanol–water partition coefficient (Wildman–Crippen LogP) is 0.949. The second kappa shape index (κ2) is 4.85. The third-order valence-corrected chi connectivity index (χ3v) is 2.45. The fraction of sp³-hybridized carbons (Fsp3) is 0.364. The number of hydrogen-bond acceptors (Lipinski definition) is 4. The van der Waals surface area contributed by atoms with E-state index in [4.69, 9.17) is 20.4 Å². The minimum Gasteiger partial charge on any atom is -0.488 e. The molecule has 5 heteroatoms. The second-order valence-electron chi connectivity index (χ2n) is 3.61. The van der Waals surface area contributed by atoms with Gasteiger partial charge in [0.1, 0.15) is 11.9 Å². The Morgan fingerprint density at radius 3 is 2.75 bits per heavy atom. The molecule has 1 aromatic carbocycles. The van der Waals surface area contributed by atoms with E-state index in [-0.39, 0.29) is 11.9 Å². The van der Waals surface area contributed by atoms with Crippen molar-refractivity contribution in [2.24, 2.45) is 10.9 Å². The average molecular weight is 222 g/mol. The lowest BCUT2D eigenvalue weighted by atomic mass is 10.2. The van der Waals surface area contributed by atoms with Crippen molar-refractivity contribution in [3.8, 4) is 5.75 Å². The van der Waals surface area contributed by atoms with Crippen molar-refractivity contribution in [2.45, 2.75) is 12.5 Å². The number of ether oxygens (including phenoxy) is 2. The number of hydrogen-bond donors (Lipinski definition) is 2. The maximum absolute atomic E-state index is 8.50. The molecular weight excluding hydrogens is 208 g/mol. The fourth-order valence-electron chi connectivity index (χ4n) is 1.56. The Kier molecular flexibility index (Phi) is 3.26. The second-order valence-corrected chi connectivity index (χ2v) is 3.61. The zero-order chi connectivity index (χ0) is 11.4. The van der Waals surface area contributed by atoms with Gasteiger partial charge in [-0.1, -0.05) is 5.16 Å². The minimum atomic E-state index is 0.0933. The summed E-state index contributed by atoms with van der Waals surface area (Å²) in [6.07, 6.45) is 1.05. The van der Waals surface area contributed by atoms with E-state index in [1.807, 2.05) is 0 Å². The summed E-state index contributed by atoms with van der Waals surface area (Å²) in [4.78, 5) is 0. The Labute approximate surface area is 93.5 Å². The van der Waals surface area contributed by atoms with Gasteiger partial charge in [-0.05, 0) is 24.3 Å². The molecule has 1 aliphatic rings. The van der Waals surface area contributed by atoms with Crippen molar-refractivity contribution in [2.75, 3.05) is 13.2 Å². The number of amidine groups is 1. The van der Waals surface area contributed by atoms with E-state index >= 15 is 0 Å². The summed E-state index contributed by atoms with van der Waals surface area (Å²) in [5, 5.41) is 11.4. The van der Waals surface area contributed by atoms with Crippen LogP contribution in [0.25, 0.3) is 0 Å². The molecule has 0 aliphatic carbocycles. The first kappa shape index (κ1) is 10.8. The van der Waals surface area contributed by atoms with Crippen molar-refractivity contribution in [3.05, 3.63) is 29.8 Å². The highest BCUT2D eigenvalue weighted by Gasteiger charge is 2.16. The lowest BCUT2D eigenvalue weighted by molar-refractivity contribution is 0.141. The number of oxime groups is 1. The molecule has 2 rings (SSSR count). The van der Waals surface area contributed by atoms with Crippen LogP contribution in [0.2, 0.25) is 0 Å². The predicted molar refractivity (Wildman–Crippen MR) is 58.8 cm³/mol. The van der Waals surface area contributed by atoms with Crippen LogP contribution >= 0.6 is 0 Å². The van der Waals surface area contributed by atoms with Gasteiger partial charge in [0.2, 0.25) is 0 Å². The highest BCUT2D eigenvalue weighted by atomic mass is 16.5. The van der Waals surface area contributed by atoms with E-state index in [1.54, 1.807) is 24.3 Å². The number of nitrogens with zero attached hydrogens (tertiary/aromatic N) is 1. The molecule has 1 fully saturated rings. The lowest BCUT2D eigenvalue weighted by Crippen LogP contribution is -2.16. The van der Waals surface area contributed by atoms with Crippen molar-refractivity contribution in [3.63, 3.8) is 0 Å². The molecule has 1 atom stereocenters. The van der Waals surface area contributed by atoms with Gasteiger partial charge < -0.3 is 20.4 Å². The smallest absolute Gasteiger partial charge is 0.170 e. The van der Waals surface area contributed by atoms with Gasteiger partial charge in [-0.25, -0.2) is 0 Å². The molecule has 1 heterocycles. The minimum absolute atomic E-state index is 0.0933. The molecule has 0 radical (unpaired) electrons. The van der Waals surface area contributed by atoms with Gasteiger partial charge in [-0.2, -0.15) is 0 Å². The quantitative estimate of drug-likeness (QED) is 0.345. The van der Waals surface area contributed by atoms with Crippen LogP contribution < -0.4 is 10.5 Å². The average Bonchev–Trinajstić information content (AvgIpc) is 2.82. The van der Waals surface area contributed by atoms with Gasteiger partial charge in [-0.3, -0.25) is 0 Å². The van der Waals surface area contributed by atoms with E-state index in [2.05, 4.69) is 5.16 Å². The first-order valence-corrected chi connectivity index (χ1v) is 5.12. The Morgan fingerprint density at radius 2 is 2.19 bits per heavy atom. The van der Waals surface area contributed by atoms with Crippen LogP contribution in [0.15, 0.2) is 29.4 Å². The highest BCUT2D eigenvalue weighted by molar-refractivity contribution is 5.97. The van der Waals surface area contributed by atoms with Gasteiger partial charge in [0, 0.05) is 12.0 Å². The van der Waals surface area contributed by atoms with E-state index < -0.39 is 0 Å². The molecule has 1 aliphatic heterocycles. The SMILES string of the molecule is NC(=NO)c1ccc(OC2CCOC2)cc1. The molecule has 0 aromatic heterocycles. The number of nitrogens with two attached hydrogens (primary N) is 1. The van der Waals surface area contributed by atoms with Gasteiger partial charge in [0.15, 0.2) is 5.84 Å². The summed E-state index contributed by atoms with van der Waals surface area (Å²) in [6.45, 7) is 1.40. The Bertz CT molecular complexity index is 369. The van der Waals surface area contributed by atoms with E-state index in [1.165, 1.54) is 0 Å². The van der Waals surface area contributed by atoms with Crippen LogP contribution in [0, 0.1) is 0 Å². The van der Waals surface area contributed by atoms with E-state index in [9.17, 15) is 0 Å². The van der Waals surface area contributed by atoms with Gasteiger partial charge >= 0.3 is 0 Å². The van der Waals surface area contributed by atoms with E-state index in [0.717, 1.165) is 18.8 Å². The zero-order valence-corrected chi connectivity index (χ0v) is 8.80. The van der Waals surface area contributed by atoms with Crippen LogP contribution in [0.5, 0.6) is 5.75 Å². The number of benzene rings is 1. The summed E-state index contributed by atoms with van der Waals surface area (Å²) in [6, 6.07) is 7.10.